The maximum Gasteiger partial charge on any atom is 0.0487 e. The summed E-state index contributed by atoms with van der Waals surface area (Å²) in [7, 11) is 0. The van der Waals surface area contributed by atoms with E-state index in [0.29, 0.717) is 5.92 Å². The first-order valence-electron chi connectivity index (χ1n) is 6.45. The predicted molar refractivity (Wildman–Crippen MR) is 77.0 cm³/mol. The highest BCUT2D eigenvalue weighted by atomic mass is 32.2. The summed E-state index contributed by atoms with van der Waals surface area (Å²) in [6.07, 6.45) is 2.30. The van der Waals surface area contributed by atoms with Crippen molar-refractivity contribution in [3.05, 3.63) is 29.8 Å². The highest BCUT2D eigenvalue weighted by molar-refractivity contribution is 7.99. The van der Waals surface area contributed by atoms with E-state index >= 15 is 0 Å². The third kappa shape index (κ3) is 4.02. The van der Waals surface area contributed by atoms with Crippen LogP contribution < -0.4 is 11.3 Å². The van der Waals surface area contributed by atoms with Crippen LogP contribution in [-0.4, -0.2) is 5.75 Å². The van der Waals surface area contributed by atoms with E-state index in [4.69, 9.17) is 5.84 Å². The molecule has 0 amide bonds. The van der Waals surface area contributed by atoms with Crippen molar-refractivity contribution in [2.75, 3.05) is 5.75 Å². The number of rotatable bonds is 7. The van der Waals surface area contributed by atoms with Crippen LogP contribution in [0.4, 0.5) is 0 Å². The molecule has 1 unspecified atom stereocenters. The molecule has 1 aromatic carbocycles. The van der Waals surface area contributed by atoms with Crippen molar-refractivity contribution in [2.24, 2.45) is 11.8 Å². The molecule has 0 bridgehead atoms. The molecule has 1 rings (SSSR count). The Morgan fingerprint density at radius 1 is 1.12 bits per heavy atom. The molecule has 96 valence electrons. The van der Waals surface area contributed by atoms with E-state index in [2.05, 4.69) is 50.5 Å². The first-order valence-corrected chi connectivity index (χ1v) is 7.44. The topological polar surface area (TPSA) is 38.0 Å². The molecule has 0 saturated heterocycles. The van der Waals surface area contributed by atoms with Gasteiger partial charge in [0.05, 0.1) is 0 Å². The minimum absolute atomic E-state index is 0.269. The first kappa shape index (κ1) is 14.6. The van der Waals surface area contributed by atoms with Gasteiger partial charge in [-0.2, -0.15) is 0 Å². The number of nitrogens with two attached hydrogens (primary N) is 1. The summed E-state index contributed by atoms with van der Waals surface area (Å²) >= 11 is 1.87. The van der Waals surface area contributed by atoms with Crippen molar-refractivity contribution in [1.82, 2.24) is 5.43 Å². The minimum Gasteiger partial charge on any atom is -0.271 e. The van der Waals surface area contributed by atoms with Gasteiger partial charge in [-0.15, -0.1) is 11.8 Å². The zero-order chi connectivity index (χ0) is 12.7. The minimum atomic E-state index is 0.269. The summed E-state index contributed by atoms with van der Waals surface area (Å²) in [5, 5.41) is 0. The molecule has 0 radical (unpaired) electrons. The summed E-state index contributed by atoms with van der Waals surface area (Å²) in [5.41, 5.74) is 4.26. The lowest BCUT2D eigenvalue weighted by molar-refractivity contribution is 0.345. The Bertz CT molecular complexity index is 307. The summed E-state index contributed by atoms with van der Waals surface area (Å²) in [6, 6.07) is 9.04. The average molecular weight is 252 g/mol. The van der Waals surface area contributed by atoms with Crippen molar-refractivity contribution < 1.29 is 0 Å². The lowest BCUT2D eigenvalue weighted by Gasteiger charge is -2.25. The fourth-order valence-electron chi connectivity index (χ4n) is 2.20. The molecule has 0 aliphatic heterocycles. The second kappa shape index (κ2) is 7.75. The van der Waals surface area contributed by atoms with E-state index in [-0.39, 0.29) is 6.04 Å². The number of thioether (sulfide) groups is 1. The Labute approximate surface area is 109 Å². The summed E-state index contributed by atoms with van der Waals surface area (Å²) in [6.45, 7) is 6.62. The molecule has 3 heteroatoms. The molecule has 0 spiro atoms. The molecular formula is C14H24N2S. The fraction of sp³-hybridized carbons (Fsp3) is 0.571. The van der Waals surface area contributed by atoms with Gasteiger partial charge in [-0.05, 0) is 29.4 Å². The van der Waals surface area contributed by atoms with Crippen LogP contribution in [0.2, 0.25) is 0 Å². The van der Waals surface area contributed by atoms with Crippen LogP contribution in [0.5, 0.6) is 0 Å². The van der Waals surface area contributed by atoms with E-state index in [1.165, 1.54) is 10.5 Å². The van der Waals surface area contributed by atoms with Gasteiger partial charge in [-0.25, -0.2) is 0 Å². The zero-order valence-corrected chi connectivity index (χ0v) is 11.9. The average Bonchev–Trinajstić information content (AvgIpc) is 2.37. The normalized spacial score (nSPS) is 13.0. The van der Waals surface area contributed by atoms with Crippen LogP contribution in [0.25, 0.3) is 0 Å². The molecule has 0 aliphatic carbocycles. The van der Waals surface area contributed by atoms with E-state index in [1.807, 2.05) is 11.8 Å². The van der Waals surface area contributed by atoms with E-state index in [9.17, 15) is 0 Å². The van der Waals surface area contributed by atoms with Crippen LogP contribution in [-0.2, 0) is 0 Å². The van der Waals surface area contributed by atoms with Crippen LogP contribution in [0.15, 0.2) is 29.2 Å². The van der Waals surface area contributed by atoms with Crippen molar-refractivity contribution >= 4 is 11.8 Å². The second-order valence-electron chi connectivity index (χ2n) is 4.22. The number of benzene rings is 1. The summed E-state index contributed by atoms with van der Waals surface area (Å²) in [5.74, 6) is 7.42. The van der Waals surface area contributed by atoms with Gasteiger partial charge < -0.3 is 0 Å². The molecule has 2 nitrogen and oxygen atoms in total. The molecule has 0 aromatic heterocycles. The lowest BCUT2D eigenvalue weighted by atomic mass is 9.89. The second-order valence-corrected chi connectivity index (χ2v) is 5.56. The number of hydrogen-bond donors (Lipinski definition) is 2. The van der Waals surface area contributed by atoms with Gasteiger partial charge >= 0.3 is 0 Å². The molecule has 1 aromatic rings. The van der Waals surface area contributed by atoms with Crippen LogP contribution in [0, 0.1) is 5.92 Å². The van der Waals surface area contributed by atoms with Crippen molar-refractivity contribution in [3.63, 3.8) is 0 Å². The molecule has 0 saturated carbocycles. The third-order valence-corrected chi connectivity index (χ3v) is 4.14. The maximum atomic E-state index is 5.70. The Balaban J connectivity index is 2.81. The number of hydrogen-bond acceptors (Lipinski definition) is 3. The van der Waals surface area contributed by atoms with E-state index in [1.54, 1.807) is 0 Å². The van der Waals surface area contributed by atoms with Gasteiger partial charge in [-0.3, -0.25) is 11.3 Å². The SMILES string of the molecule is CCSc1ccc(C(NN)C(CC)CC)cc1. The summed E-state index contributed by atoms with van der Waals surface area (Å²) < 4.78 is 0. The van der Waals surface area contributed by atoms with Crippen molar-refractivity contribution in [3.8, 4) is 0 Å². The molecule has 0 aliphatic rings. The number of nitrogens with one attached hydrogen (secondary N) is 1. The summed E-state index contributed by atoms with van der Waals surface area (Å²) in [4.78, 5) is 1.33. The molecule has 0 heterocycles. The van der Waals surface area contributed by atoms with E-state index in [0.717, 1.165) is 18.6 Å². The van der Waals surface area contributed by atoms with Gasteiger partial charge in [0, 0.05) is 10.9 Å². The quantitative estimate of drug-likeness (QED) is 0.441. The maximum absolute atomic E-state index is 5.70. The Hall–Kier alpha value is -0.510. The molecular weight excluding hydrogens is 228 g/mol. The van der Waals surface area contributed by atoms with Gasteiger partial charge in [0.25, 0.3) is 0 Å². The molecule has 17 heavy (non-hydrogen) atoms. The highest BCUT2D eigenvalue weighted by Crippen LogP contribution is 2.28. The predicted octanol–water partition coefficient (Wildman–Crippen LogP) is 3.74. The van der Waals surface area contributed by atoms with Crippen LogP contribution in [0.1, 0.15) is 45.2 Å². The first-order chi connectivity index (χ1) is 8.26. The van der Waals surface area contributed by atoms with Gasteiger partial charge in [0.15, 0.2) is 0 Å². The Morgan fingerprint density at radius 3 is 2.12 bits per heavy atom. The van der Waals surface area contributed by atoms with Gasteiger partial charge in [0.1, 0.15) is 0 Å². The Morgan fingerprint density at radius 2 is 1.71 bits per heavy atom. The van der Waals surface area contributed by atoms with Gasteiger partial charge in [0.2, 0.25) is 0 Å². The third-order valence-electron chi connectivity index (χ3n) is 3.25. The van der Waals surface area contributed by atoms with Crippen LogP contribution in [0.3, 0.4) is 0 Å². The smallest absolute Gasteiger partial charge is 0.0487 e. The van der Waals surface area contributed by atoms with Crippen molar-refractivity contribution in [2.45, 2.75) is 44.6 Å². The van der Waals surface area contributed by atoms with Crippen molar-refractivity contribution in [1.29, 1.82) is 0 Å². The highest BCUT2D eigenvalue weighted by Gasteiger charge is 2.18. The fourth-order valence-corrected chi connectivity index (χ4v) is 2.86. The van der Waals surface area contributed by atoms with E-state index < -0.39 is 0 Å². The zero-order valence-electron chi connectivity index (χ0n) is 11.1. The lowest BCUT2D eigenvalue weighted by Crippen LogP contribution is -2.33. The molecule has 3 N–H and O–H groups in total. The molecule has 1 atom stereocenters. The van der Waals surface area contributed by atoms with Gasteiger partial charge in [-0.1, -0.05) is 45.7 Å². The number of hydrazine groups is 1. The standard InChI is InChI=1S/C14H24N2S/c1-4-11(5-2)14(16-15)12-7-9-13(10-8-12)17-6-3/h7-11,14,16H,4-6,15H2,1-3H3. The monoisotopic (exact) mass is 252 g/mol. The van der Waals surface area contributed by atoms with Crippen LogP contribution >= 0.6 is 11.8 Å². The largest absolute Gasteiger partial charge is 0.271 e. The Kier molecular flexibility index (Phi) is 6.63. The molecule has 0 fully saturated rings.